The van der Waals surface area contributed by atoms with E-state index in [4.69, 9.17) is 4.74 Å². The Bertz CT molecular complexity index is 435. The highest BCUT2D eigenvalue weighted by Gasteiger charge is 2.17. The van der Waals surface area contributed by atoms with Gasteiger partial charge < -0.3 is 9.84 Å². The van der Waals surface area contributed by atoms with Crippen molar-refractivity contribution >= 4 is 0 Å². The third kappa shape index (κ3) is 3.35. The van der Waals surface area contributed by atoms with Crippen LogP contribution in [0.15, 0.2) is 18.2 Å². The van der Waals surface area contributed by atoms with Gasteiger partial charge in [0, 0.05) is 0 Å². The minimum Gasteiger partial charge on any atom is -0.493 e. The standard InChI is InChI=1S/C18H26O2/c19-17(10-8-14-5-2-1-3-6-14)15-9-11-18-16(13-15)7-4-12-20-18/h9,11,13-14,17,19H,1-8,10,12H2. The molecule has 2 aliphatic rings. The number of hydrogen-bond donors (Lipinski definition) is 1. The van der Waals surface area contributed by atoms with Crippen molar-refractivity contribution < 1.29 is 9.84 Å². The van der Waals surface area contributed by atoms with Crippen molar-refractivity contribution in [1.29, 1.82) is 0 Å². The average Bonchev–Trinajstić information content (AvgIpc) is 2.53. The number of aliphatic hydroxyl groups is 1. The van der Waals surface area contributed by atoms with Crippen LogP contribution in [0.2, 0.25) is 0 Å². The number of ether oxygens (including phenoxy) is 1. The summed E-state index contributed by atoms with van der Waals surface area (Å²) in [6, 6.07) is 6.23. The zero-order valence-corrected chi connectivity index (χ0v) is 12.3. The molecule has 1 aromatic rings. The molecule has 0 radical (unpaired) electrons. The van der Waals surface area contributed by atoms with Crippen molar-refractivity contribution in [2.75, 3.05) is 6.61 Å². The summed E-state index contributed by atoms with van der Waals surface area (Å²) < 4.78 is 5.63. The Balaban J connectivity index is 1.57. The number of rotatable bonds is 4. The van der Waals surface area contributed by atoms with Crippen LogP contribution in [0.5, 0.6) is 5.75 Å². The van der Waals surface area contributed by atoms with Gasteiger partial charge in [-0.25, -0.2) is 0 Å². The summed E-state index contributed by atoms with van der Waals surface area (Å²) in [6.45, 7) is 0.830. The summed E-state index contributed by atoms with van der Waals surface area (Å²) in [5, 5.41) is 10.4. The van der Waals surface area contributed by atoms with Crippen molar-refractivity contribution in [1.82, 2.24) is 0 Å². The first-order chi connectivity index (χ1) is 9.83. The molecule has 0 bridgehead atoms. The van der Waals surface area contributed by atoms with Gasteiger partial charge in [-0.3, -0.25) is 0 Å². The zero-order chi connectivity index (χ0) is 13.8. The maximum absolute atomic E-state index is 10.4. The lowest BCUT2D eigenvalue weighted by Crippen LogP contribution is -2.10. The van der Waals surface area contributed by atoms with Gasteiger partial charge in [-0.15, -0.1) is 0 Å². The van der Waals surface area contributed by atoms with E-state index in [-0.39, 0.29) is 6.10 Å². The highest BCUT2D eigenvalue weighted by atomic mass is 16.5. The molecule has 110 valence electrons. The van der Waals surface area contributed by atoms with Crippen LogP contribution < -0.4 is 4.74 Å². The lowest BCUT2D eigenvalue weighted by Gasteiger charge is -2.23. The fraction of sp³-hybridized carbons (Fsp3) is 0.667. The molecule has 1 N–H and O–H groups in total. The van der Waals surface area contributed by atoms with Gasteiger partial charge in [-0.1, -0.05) is 38.2 Å². The number of aliphatic hydroxyl groups excluding tert-OH is 1. The summed E-state index contributed by atoms with van der Waals surface area (Å²) in [5.41, 5.74) is 2.34. The third-order valence-electron chi connectivity index (χ3n) is 4.89. The molecule has 0 aromatic heterocycles. The van der Waals surface area contributed by atoms with E-state index in [0.29, 0.717) is 0 Å². The molecule has 0 spiro atoms. The van der Waals surface area contributed by atoms with Gasteiger partial charge in [0.05, 0.1) is 12.7 Å². The van der Waals surface area contributed by atoms with Crippen molar-refractivity contribution in [2.45, 2.75) is 63.9 Å². The molecule has 1 aliphatic heterocycles. The van der Waals surface area contributed by atoms with E-state index in [1.54, 1.807) is 0 Å². The Kier molecular flexibility index (Phi) is 4.62. The minimum atomic E-state index is -0.302. The second-order valence-corrected chi connectivity index (χ2v) is 6.42. The number of fused-ring (bicyclic) bond motifs is 1. The molecule has 1 fully saturated rings. The maximum Gasteiger partial charge on any atom is 0.122 e. The molecule has 1 saturated carbocycles. The topological polar surface area (TPSA) is 29.5 Å². The summed E-state index contributed by atoms with van der Waals surface area (Å²) >= 11 is 0. The van der Waals surface area contributed by atoms with Gasteiger partial charge in [0.15, 0.2) is 0 Å². The molecule has 1 aliphatic carbocycles. The van der Waals surface area contributed by atoms with E-state index in [2.05, 4.69) is 6.07 Å². The molecule has 0 saturated heterocycles. The quantitative estimate of drug-likeness (QED) is 0.881. The van der Waals surface area contributed by atoms with Crippen LogP contribution in [-0.2, 0) is 6.42 Å². The lowest BCUT2D eigenvalue weighted by molar-refractivity contribution is 0.151. The number of aryl methyl sites for hydroxylation is 1. The Morgan fingerprint density at radius 3 is 2.85 bits per heavy atom. The SMILES string of the molecule is OC(CCC1CCCCC1)c1ccc2c(c1)CCCO2. The second kappa shape index (κ2) is 6.62. The Morgan fingerprint density at radius 1 is 1.15 bits per heavy atom. The van der Waals surface area contributed by atoms with Crippen molar-refractivity contribution in [3.05, 3.63) is 29.3 Å². The van der Waals surface area contributed by atoms with Gasteiger partial charge in [0.1, 0.15) is 5.75 Å². The molecule has 2 nitrogen and oxygen atoms in total. The number of hydrogen-bond acceptors (Lipinski definition) is 2. The fourth-order valence-electron chi connectivity index (χ4n) is 3.62. The van der Waals surface area contributed by atoms with E-state index in [0.717, 1.165) is 43.1 Å². The van der Waals surface area contributed by atoms with E-state index in [1.807, 2.05) is 12.1 Å². The summed E-state index contributed by atoms with van der Waals surface area (Å²) in [5.74, 6) is 1.86. The fourth-order valence-corrected chi connectivity index (χ4v) is 3.62. The Morgan fingerprint density at radius 2 is 2.00 bits per heavy atom. The molecule has 3 rings (SSSR count). The lowest BCUT2D eigenvalue weighted by atomic mass is 9.85. The summed E-state index contributed by atoms with van der Waals surface area (Å²) in [7, 11) is 0. The first-order valence-corrected chi connectivity index (χ1v) is 8.26. The summed E-state index contributed by atoms with van der Waals surface area (Å²) in [6.07, 6.45) is 10.9. The maximum atomic E-state index is 10.4. The van der Waals surface area contributed by atoms with Crippen molar-refractivity contribution in [3.63, 3.8) is 0 Å². The van der Waals surface area contributed by atoms with Crippen molar-refractivity contribution in [2.24, 2.45) is 5.92 Å². The normalized spacial score (nSPS) is 21.1. The van der Waals surface area contributed by atoms with Crippen LogP contribution in [0.25, 0.3) is 0 Å². The van der Waals surface area contributed by atoms with Gasteiger partial charge >= 0.3 is 0 Å². The predicted molar refractivity (Wildman–Crippen MR) is 81.0 cm³/mol. The largest absolute Gasteiger partial charge is 0.493 e. The Labute approximate surface area is 122 Å². The van der Waals surface area contributed by atoms with Gasteiger partial charge in [0.2, 0.25) is 0 Å². The molecule has 2 heteroatoms. The predicted octanol–water partition coefficient (Wildman–Crippen LogP) is 4.41. The molecule has 1 unspecified atom stereocenters. The van der Waals surface area contributed by atoms with E-state index in [1.165, 1.54) is 44.1 Å². The van der Waals surface area contributed by atoms with E-state index >= 15 is 0 Å². The molecular formula is C18H26O2. The van der Waals surface area contributed by atoms with E-state index < -0.39 is 0 Å². The Hall–Kier alpha value is -1.02. The molecule has 1 aromatic carbocycles. The molecular weight excluding hydrogens is 248 g/mol. The molecule has 1 heterocycles. The smallest absolute Gasteiger partial charge is 0.122 e. The second-order valence-electron chi connectivity index (χ2n) is 6.42. The van der Waals surface area contributed by atoms with Gasteiger partial charge in [0.25, 0.3) is 0 Å². The first kappa shape index (κ1) is 13.9. The van der Waals surface area contributed by atoms with E-state index in [9.17, 15) is 5.11 Å². The highest BCUT2D eigenvalue weighted by Crippen LogP contribution is 2.32. The van der Waals surface area contributed by atoms with Crippen LogP contribution in [0, 0.1) is 5.92 Å². The third-order valence-corrected chi connectivity index (χ3v) is 4.89. The molecule has 20 heavy (non-hydrogen) atoms. The van der Waals surface area contributed by atoms with Crippen LogP contribution in [-0.4, -0.2) is 11.7 Å². The van der Waals surface area contributed by atoms with Crippen LogP contribution in [0.1, 0.15) is 68.6 Å². The first-order valence-electron chi connectivity index (χ1n) is 8.26. The average molecular weight is 274 g/mol. The van der Waals surface area contributed by atoms with Crippen LogP contribution in [0.3, 0.4) is 0 Å². The zero-order valence-electron chi connectivity index (χ0n) is 12.3. The van der Waals surface area contributed by atoms with Gasteiger partial charge in [-0.05, 0) is 54.9 Å². The van der Waals surface area contributed by atoms with Crippen molar-refractivity contribution in [3.8, 4) is 5.75 Å². The number of benzene rings is 1. The van der Waals surface area contributed by atoms with Gasteiger partial charge in [-0.2, -0.15) is 0 Å². The minimum absolute atomic E-state index is 0.302. The van der Waals surface area contributed by atoms with Crippen LogP contribution >= 0.6 is 0 Å². The molecule has 1 atom stereocenters. The monoisotopic (exact) mass is 274 g/mol. The van der Waals surface area contributed by atoms with Crippen LogP contribution in [0.4, 0.5) is 0 Å². The highest BCUT2D eigenvalue weighted by molar-refractivity contribution is 5.39. The molecule has 0 amide bonds. The summed E-state index contributed by atoms with van der Waals surface area (Å²) in [4.78, 5) is 0.